The van der Waals surface area contributed by atoms with E-state index in [1.165, 1.54) is 0 Å². The molecule has 0 aromatic carbocycles. The molecule has 0 radical (unpaired) electrons. The van der Waals surface area contributed by atoms with Crippen LogP contribution < -0.4 is 5.32 Å². The molecule has 1 fully saturated rings. The normalized spacial score (nSPS) is 18.7. The molecule has 0 amide bonds. The average Bonchev–Trinajstić information content (AvgIpc) is 2.67. The van der Waals surface area contributed by atoms with Crippen molar-refractivity contribution in [2.24, 2.45) is 7.05 Å². The molecular weight excluding hydrogens is 266 g/mol. The van der Waals surface area contributed by atoms with Gasteiger partial charge in [-0.15, -0.1) is 0 Å². The van der Waals surface area contributed by atoms with Gasteiger partial charge in [0.25, 0.3) is 0 Å². The van der Waals surface area contributed by atoms with E-state index in [2.05, 4.69) is 17.3 Å². The van der Waals surface area contributed by atoms with Crippen LogP contribution in [0.2, 0.25) is 5.15 Å². The van der Waals surface area contributed by atoms with Gasteiger partial charge < -0.3 is 15.2 Å². The van der Waals surface area contributed by atoms with Gasteiger partial charge in [0.2, 0.25) is 0 Å². The van der Waals surface area contributed by atoms with Crippen LogP contribution in [0, 0.1) is 0 Å². The number of rotatable bonds is 5. The van der Waals surface area contributed by atoms with Gasteiger partial charge >= 0.3 is 0 Å². The SMILES string of the molecule is CCc1nn(C)c(Cl)c1CNCC1(O)CCOCC1. The number of nitrogens with one attached hydrogen (secondary N) is 1. The summed E-state index contributed by atoms with van der Waals surface area (Å²) in [5.74, 6) is 0. The van der Waals surface area contributed by atoms with Crippen LogP contribution in [0.15, 0.2) is 0 Å². The average molecular weight is 288 g/mol. The van der Waals surface area contributed by atoms with E-state index >= 15 is 0 Å². The van der Waals surface area contributed by atoms with Crippen molar-refractivity contribution in [3.05, 3.63) is 16.4 Å². The van der Waals surface area contributed by atoms with E-state index in [9.17, 15) is 5.11 Å². The Morgan fingerprint density at radius 3 is 2.79 bits per heavy atom. The van der Waals surface area contributed by atoms with E-state index in [0.29, 0.717) is 44.3 Å². The first-order valence-corrected chi connectivity index (χ1v) is 7.14. The molecule has 0 aliphatic carbocycles. The van der Waals surface area contributed by atoms with Crippen molar-refractivity contribution in [2.75, 3.05) is 19.8 Å². The Kier molecular flexibility index (Phi) is 4.84. The van der Waals surface area contributed by atoms with Crippen molar-refractivity contribution < 1.29 is 9.84 Å². The molecule has 1 saturated heterocycles. The molecule has 0 atom stereocenters. The zero-order valence-corrected chi connectivity index (χ0v) is 12.3. The highest BCUT2D eigenvalue weighted by atomic mass is 35.5. The minimum Gasteiger partial charge on any atom is -0.388 e. The third-order valence-corrected chi connectivity index (χ3v) is 4.14. The molecule has 0 spiro atoms. The predicted molar refractivity (Wildman–Crippen MR) is 74.3 cm³/mol. The van der Waals surface area contributed by atoms with E-state index < -0.39 is 5.60 Å². The lowest BCUT2D eigenvalue weighted by Gasteiger charge is -2.32. The van der Waals surface area contributed by atoms with Gasteiger partial charge in [-0.25, -0.2) is 0 Å². The quantitative estimate of drug-likeness (QED) is 0.856. The summed E-state index contributed by atoms with van der Waals surface area (Å²) in [6.45, 7) is 4.52. The molecule has 0 unspecified atom stereocenters. The summed E-state index contributed by atoms with van der Waals surface area (Å²) in [4.78, 5) is 0. The number of nitrogens with zero attached hydrogens (tertiary/aromatic N) is 2. The van der Waals surface area contributed by atoms with Crippen molar-refractivity contribution in [3.8, 4) is 0 Å². The van der Waals surface area contributed by atoms with Crippen molar-refractivity contribution in [2.45, 2.75) is 38.3 Å². The molecule has 1 aliphatic rings. The third kappa shape index (κ3) is 3.48. The Morgan fingerprint density at radius 1 is 1.47 bits per heavy atom. The fourth-order valence-corrected chi connectivity index (χ4v) is 2.62. The van der Waals surface area contributed by atoms with Gasteiger partial charge in [-0.1, -0.05) is 18.5 Å². The van der Waals surface area contributed by atoms with Crippen LogP contribution in [-0.4, -0.2) is 40.2 Å². The molecule has 0 bridgehead atoms. The van der Waals surface area contributed by atoms with E-state index in [0.717, 1.165) is 17.7 Å². The van der Waals surface area contributed by atoms with Crippen LogP contribution in [0.1, 0.15) is 31.0 Å². The van der Waals surface area contributed by atoms with E-state index in [-0.39, 0.29) is 0 Å². The second kappa shape index (κ2) is 6.22. The smallest absolute Gasteiger partial charge is 0.131 e. The van der Waals surface area contributed by atoms with E-state index in [1.807, 2.05) is 7.05 Å². The lowest BCUT2D eigenvalue weighted by atomic mass is 9.94. The zero-order chi connectivity index (χ0) is 13.9. The molecule has 2 N–H and O–H groups in total. The summed E-state index contributed by atoms with van der Waals surface area (Å²) in [6, 6.07) is 0. The highest BCUT2D eigenvalue weighted by Crippen LogP contribution is 2.22. The molecule has 5 nitrogen and oxygen atoms in total. The van der Waals surface area contributed by atoms with Gasteiger partial charge in [0.1, 0.15) is 5.15 Å². The van der Waals surface area contributed by atoms with Gasteiger partial charge in [0.05, 0.1) is 11.3 Å². The first-order valence-electron chi connectivity index (χ1n) is 6.77. The molecule has 2 heterocycles. The van der Waals surface area contributed by atoms with E-state index in [4.69, 9.17) is 16.3 Å². The summed E-state index contributed by atoms with van der Waals surface area (Å²) in [5.41, 5.74) is 1.39. The second-order valence-corrected chi connectivity index (χ2v) is 5.49. The number of hydrogen-bond acceptors (Lipinski definition) is 4. The largest absolute Gasteiger partial charge is 0.388 e. The standard InChI is InChI=1S/C13H22ClN3O2/c1-3-11-10(12(14)17(2)16-11)8-15-9-13(18)4-6-19-7-5-13/h15,18H,3-9H2,1-2H3. The monoisotopic (exact) mass is 287 g/mol. The van der Waals surface area contributed by atoms with Crippen molar-refractivity contribution in [3.63, 3.8) is 0 Å². The highest BCUT2D eigenvalue weighted by molar-refractivity contribution is 6.30. The van der Waals surface area contributed by atoms with Gasteiger partial charge in [0.15, 0.2) is 0 Å². The Hall–Kier alpha value is -0.620. The molecule has 1 aliphatic heterocycles. The van der Waals surface area contributed by atoms with Crippen molar-refractivity contribution in [1.82, 2.24) is 15.1 Å². The summed E-state index contributed by atoms with van der Waals surface area (Å²) in [7, 11) is 1.84. The second-order valence-electron chi connectivity index (χ2n) is 5.13. The Balaban J connectivity index is 1.92. The number of halogens is 1. The molecule has 108 valence electrons. The summed E-state index contributed by atoms with van der Waals surface area (Å²) >= 11 is 6.23. The molecule has 19 heavy (non-hydrogen) atoms. The first-order chi connectivity index (χ1) is 9.06. The lowest BCUT2D eigenvalue weighted by Crippen LogP contribution is -2.44. The fraction of sp³-hybridized carbons (Fsp3) is 0.769. The van der Waals surface area contributed by atoms with Crippen LogP contribution >= 0.6 is 11.6 Å². The first kappa shape index (κ1) is 14.8. The van der Waals surface area contributed by atoms with Gasteiger partial charge in [-0.05, 0) is 6.42 Å². The molecular formula is C13H22ClN3O2. The maximum Gasteiger partial charge on any atom is 0.131 e. The van der Waals surface area contributed by atoms with Crippen LogP contribution in [0.5, 0.6) is 0 Å². The van der Waals surface area contributed by atoms with Crippen molar-refractivity contribution in [1.29, 1.82) is 0 Å². The van der Waals surface area contributed by atoms with Gasteiger partial charge in [0, 0.05) is 51.8 Å². The molecule has 1 aromatic rings. The third-order valence-electron chi connectivity index (χ3n) is 3.67. The molecule has 0 saturated carbocycles. The summed E-state index contributed by atoms with van der Waals surface area (Å²) in [5, 5.41) is 18.7. The highest BCUT2D eigenvalue weighted by Gasteiger charge is 2.29. The number of aromatic nitrogens is 2. The number of aliphatic hydroxyl groups is 1. The minimum atomic E-state index is -0.653. The van der Waals surface area contributed by atoms with Crippen LogP contribution in [0.3, 0.4) is 0 Å². The maximum absolute atomic E-state index is 10.4. The molecule has 6 heteroatoms. The zero-order valence-electron chi connectivity index (χ0n) is 11.6. The predicted octanol–water partition coefficient (Wildman–Crippen LogP) is 1.27. The Labute approximate surface area is 118 Å². The molecule has 2 rings (SSSR count). The number of aryl methyl sites for hydroxylation is 2. The van der Waals surface area contributed by atoms with E-state index in [1.54, 1.807) is 4.68 Å². The summed E-state index contributed by atoms with van der Waals surface area (Å²) in [6.07, 6.45) is 2.22. The fourth-order valence-electron chi connectivity index (χ4n) is 2.41. The number of ether oxygens (including phenoxy) is 1. The maximum atomic E-state index is 10.4. The number of hydrogen-bond donors (Lipinski definition) is 2. The van der Waals surface area contributed by atoms with Gasteiger partial charge in [-0.3, -0.25) is 4.68 Å². The van der Waals surface area contributed by atoms with Crippen LogP contribution in [-0.2, 0) is 24.8 Å². The van der Waals surface area contributed by atoms with Crippen LogP contribution in [0.25, 0.3) is 0 Å². The van der Waals surface area contributed by atoms with Crippen LogP contribution in [0.4, 0.5) is 0 Å². The Bertz CT molecular complexity index is 428. The van der Waals surface area contributed by atoms with Crippen molar-refractivity contribution >= 4 is 11.6 Å². The topological polar surface area (TPSA) is 59.3 Å². The molecule has 1 aromatic heterocycles. The summed E-state index contributed by atoms with van der Waals surface area (Å²) < 4.78 is 6.96. The lowest BCUT2D eigenvalue weighted by molar-refractivity contribution is -0.0617. The van der Waals surface area contributed by atoms with Gasteiger partial charge in [-0.2, -0.15) is 5.10 Å². The minimum absolute atomic E-state index is 0.560. The Morgan fingerprint density at radius 2 is 2.16 bits per heavy atom.